The molecular weight excluding hydrogens is 232 g/mol. The molecule has 0 saturated carbocycles. The predicted molar refractivity (Wildman–Crippen MR) is 73.5 cm³/mol. The van der Waals surface area contributed by atoms with Crippen molar-refractivity contribution in [3.8, 4) is 0 Å². The Kier molecular flexibility index (Phi) is 6.09. The summed E-state index contributed by atoms with van der Waals surface area (Å²) in [5, 5.41) is 6.85. The van der Waals surface area contributed by atoms with E-state index in [4.69, 9.17) is 4.74 Å². The standard InChI is InChI=1S/C13H24N2OS/c1-6-16-7-12(9(2)3)14-10(4)13-8-17-11(5)15-13/h8-10,12,14H,6-7H2,1-5H3. The van der Waals surface area contributed by atoms with E-state index in [1.807, 2.05) is 13.8 Å². The molecule has 0 amide bonds. The van der Waals surface area contributed by atoms with E-state index >= 15 is 0 Å². The summed E-state index contributed by atoms with van der Waals surface area (Å²) in [6.45, 7) is 12.2. The third-order valence-corrected chi connectivity index (χ3v) is 3.64. The third kappa shape index (κ3) is 4.74. The lowest BCUT2D eigenvalue weighted by molar-refractivity contribution is 0.104. The highest BCUT2D eigenvalue weighted by Crippen LogP contribution is 2.17. The van der Waals surface area contributed by atoms with Crippen molar-refractivity contribution in [1.82, 2.24) is 10.3 Å². The average Bonchev–Trinajstić information content (AvgIpc) is 2.70. The molecule has 0 aromatic carbocycles. The van der Waals surface area contributed by atoms with Gasteiger partial charge >= 0.3 is 0 Å². The Morgan fingerprint density at radius 3 is 2.59 bits per heavy atom. The second kappa shape index (κ2) is 7.09. The van der Waals surface area contributed by atoms with Crippen molar-refractivity contribution >= 4 is 11.3 Å². The highest BCUT2D eigenvalue weighted by Gasteiger charge is 2.18. The molecule has 1 aromatic rings. The maximum Gasteiger partial charge on any atom is 0.0898 e. The van der Waals surface area contributed by atoms with E-state index in [2.05, 4.69) is 36.5 Å². The summed E-state index contributed by atoms with van der Waals surface area (Å²) in [5.41, 5.74) is 1.13. The molecule has 0 saturated heterocycles. The zero-order valence-corrected chi connectivity index (χ0v) is 12.3. The summed E-state index contributed by atoms with van der Waals surface area (Å²) in [4.78, 5) is 4.52. The number of rotatable bonds is 7. The molecule has 0 fully saturated rings. The van der Waals surface area contributed by atoms with Crippen LogP contribution in [0.25, 0.3) is 0 Å². The summed E-state index contributed by atoms with van der Waals surface area (Å²) >= 11 is 1.70. The van der Waals surface area contributed by atoms with Crippen molar-refractivity contribution in [3.63, 3.8) is 0 Å². The molecule has 0 bridgehead atoms. The average molecular weight is 256 g/mol. The molecule has 4 heteroatoms. The van der Waals surface area contributed by atoms with Crippen LogP contribution in [0.3, 0.4) is 0 Å². The van der Waals surface area contributed by atoms with Gasteiger partial charge in [-0.25, -0.2) is 4.98 Å². The van der Waals surface area contributed by atoms with Gasteiger partial charge in [-0.2, -0.15) is 0 Å². The number of aryl methyl sites for hydroxylation is 1. The highest BCUT2D eigenvalue weighted by molar-refractivity contribution is 7.09. The minimum Gasteiger partial charge on any atom is -0.380 e. The van der Waals surface area contributed by atoms with E-state index in [1.165, 1.54) is 0 Å². The van der Waals surface area contributed by atoms with Gasteiger partial charge in [0.05, 0.1) is 17.3 Å². The van der Waals surface area contributed by atoms with Crippen molar-refractivity contribution in [3.05, 3.63) is 16.1 Å². The fraction of sp³-hybridized carbons (Fsp3) is 0.769. The number of hydrogen-bond donors (Lipinski definition) is 1. The van der Waals surface area contributed by atoms with E-state index in [0.717, 1.165) is 23.9 Å². The number of nitrogens with one attached hydrogen (secondary N) is 1. The van der Waals surface area contributed by atoms with Gasteiger partial charge in [0.25, 0.3) is 0 Å². The largest absolute Gasteiger partial charge is 0.380 e. The first kappa shape index (κ1) is 14.6. The SMILES string of the molecule is CCOCC(NC(C)c1csc(C)n1)C(C)C. The second-order valence-corrected chi connectivity index (χ2v) is 5.75. The normalized spacial score (nSPS) is 15.2. The minimum absolute atomic E-state index is 0.285. The third-order valence-electron chi connectivity index (χ3n) is 2.85. The molecule has 0 aliphatic rings. The van der Waals surface area contributed by atoms with Gasteiger partial charge in [-0.1, -0.05) is 13.8 Å². The van der Waals surface area contributed by atoms with Crippen molar-refractivity contribution in [2.45, 2.75) is 46.7 Å². The van der Waals surface area contributed by atoms with E-state index in [1.54, 1.807) is 11.3 Å². The summed E-state index contributed by atoms with van der Waals surface area (Å²) in [5.74, 6) is 0.559. The summed E-state index contributed by atoms with van der Waals surface area (Å²) < 4.78 is 5.52. The van der Waals surface area contributed by atoms with E-state index in [9.17, 15) is 0 Å². The molecule has 2 unspecified atom stereocenters. The highest BCUT2D eigenvalue weighted by atomic mass is 32.1. The zero-order chi connectivity index (χ0) is 12.8. The molecule has 17 heavy (non-hydrogen) atoms. The maximum absolute atomic E-state index is 5.52. The molecule has 98 valence electrons. The van der Waals surface area contributed by atoms with Crippen LogP contribution in [0.4, 0.5) is 0 Å². The number of hydrogen-bond acceptors (Lipinski definition) is 4. The molecule has 0 aliphatic carbocycles. The van der Waals surface area contributed by atoms with Crippen molar-refractivity contribution in [1.29, 1.82) is 0 Å². The van der Waals surface area contributed by atoms with E-state index < -0.39 is 0 Å². The lowest BCUT2D eigenvalue weighted by Crippen LogP contribution is -2.39. The molecule has 0 spiro atoms. The molecule has 2 atom stereocenters. The molecule has 1 aromatic heterocycles. The van der Waals surface area contributed by atoms with Gasteiger partial charge in [-0.3, -0.25) is 0 Å². The first-order valence-corrected chi connectivity index (χ1v) is 7.18. The fourth-order valence-electron chi connectivity index (χ4n) is 1.66. The first-order chi connectivity index (χ1) is 8.04. The van der Waals surface area contributed by atoms with Crippen LogP contribution in [0.5, 0.6) is 0 Å². The lowest BCUT2D eigenvalue weighted by Gasteiger charge is -2.25. The molecule has 0 radical (unpaired) electrons. The molecule has 0 aliphatic heterocycles. The van der Waals surface area contributed by atoms with Gasteiger partial charge in [0.1, 0.15) is 0 Å². The molecule has 1 rings (SSSR count). The Labute approximate surface area is 109 Å². The van der Waals surface area contributed by atoms with Crippen molar-refractivity contribution in [2.75, 3.05) is 13.2 Å². The second-order valence-electron chi connectivity index (χ2n) is 4.69. The Morgan fingerprint density at radius 1 is 1.41 bits per heavy atom. The van der Waals surface area contributed by atoms with Gasteiger partial charge in [-0.05, 0) is 26.7 Å². The van der Waals surface area contributed by atoms with Gasteiger partial charge in [-0.15, -0.1) is 11.3 Å². The van der Waals surface area contributed by atoms with Crippen molar-refractivity contribution < 1.29 is 4.74 Å². The van der Waals surface area contributed by atoms with Gasteiger partial charge in [0, 0.05) is 24.1 Å². The zero-order valence-electron chi connectivity index (χ0n) is 11.5. The monoisotopic (exact) mass is 256 g/mol. The molecule has 3 nitrogen and oxygen atoms in total. The predicted octanol–water partition coefficient (Wildman–Crippen LogP) is 3.16. The minimum atomic E-state index is 0.285. The Bertz CT molecular complexity index is 325. The van der Waals surface area contributed by atoms with E-state index in [0.29, 0.717) is 12.0 Å². The summed E-state index contributed by atoms with van der Waals surface area (Å²) in [6, 6.07) is 0.666. The fourth-order valence-corrected chi connectivity index (χ4v) is 2.37. The Balaban J connectivity index is 2.54. The quantitative estimate of drug-likeness (QED) is 0.813. The van der Waals surface area contributed by atoms with Crippen LogP contribution >= 0.6 is 11.3 Å². The first-order valence-electron chi connectivity index (χ1n) is 6.30. The summed E-state index contributed by atoms with van der Waals surface area (Å²) in [6.07, 6.45) is 0. The van der Waals surface area contributed by atoms with Crippen LogP contribution in [-0.2, 0) is 4.74 Å². The lowest BCUT2D eigenvalue weighted by atomic mass is 10.0. The topological polar surface area (TPSA) is 34.1 Å². The number of nitrogens with zero attached hydrogens (tertiary/aromatic N) is 1. The Hall–Kier alpha value is -0.450. The van der Waals surface area contributed by atoms with Gasteiger partial charge < -0.3 is 10.1 Å². The van der Waals surface area contributed by atoms with Crippen molar-refractivity contribution in [2.24, 2.45) is 5.92 Å². The molecular formula is C13H24N2OS. The van der Waals surface area contributed by atoms with Crippen LogP contribution in [0.2, 0.25) is 0 Å². The Morgan fingerprint density at radius 2 is 2.12 bits per heavy atom. The number of thiazole rings is 1. The van der Waals surface area contributed by atoms with Crippen LogP contribution in [0.15, 0.2) is 5.38 Å². The smallest absolute Gasteiger partial charge is 0.0898 e. The van der Waals surface area contributed by atoms with Crippen LogP contribution in [0, 0.1) is 12.8 Å². The van der Waals surface area contributed by atoms with E-state index in [-0.39, 0.29) is 6.04 Å². The number of aromatic nitrogens is 1. The van der Waals surface area contributed by atoms with Gasteiger partial charge in [0.2, 0.25) is 0 Å². The summed E-state index contributed by atoms with van der Waals surface area (Å²) in [7, 11) is 0. The molecule has 1 N–H and O–H groups in total. The van der Waals surface area contributed by atoms with Crippen LogP contribution < -0.4 is 5.32 Å². The van der Waals surface area contributed by atoms with Crippen LogP contribution in [-0.4, -0.2) is 24.2 Å². The number of ether oxygens (including phenoxy) is 1. The maximum atomic E-state index is 5.52. The van der Waals surface area contributed by atoms with Crippen LogP contribution in [0.1, 0.15) is 44.4 Å². The van der Waals surface area contributed by atoms with Gasteiger partial charge in [0.15, 0.2) is 0 Å². The molecule has 1 heterocycles.